The second kappa shape index (κ2) is 4.45. The second-order valence-corrected chi connectivity index (χ2v) is 5.04. The topological polar surface area (TPSA) is 72.0 Å². The van der Waals surface area contributed by atoms with Crippen LogP contribution >= 0.6 is 11.3 Å². The molecule has 0 saturated carbocycles. The molecule has 0 aliphatic rings. The number of aliphatic hydroxyl groups is 1. The van der Waals surface area contributed by atoms with E-state index in [0.29, 0.717) is 6.54 Å². The highest BCUT2D eigenvalue weighted by atomic mass is 32.1. The maximum Gasteiger partial charge on any atom is 0.127 e. The van der Waals surface area contributed by atoms with E-state index in [9.17, 15) is 5.11 Å². The van der Waals surface area contributed by atoms with Crippen molar-refractivity contribution in [3.05, 3.63) is 22.5 Å². The van der Waals surface area contributed by atoms with Gasteiger partial charge in [0.25, 0.3) is 0 Å². The molecular weight excluding hydrogens is 222 g/mol. The molecular formula is C11H15N3OS. The van der Waals surface area contributed by atoms with E-state index in [1.807, 2.05) is 0 Å². The highest BCUT2D eigenvalue weighted by Gasteiger charge is 2.18. The Labute approximate surface area is 98.2 Å². The maximum atomic E-state index is 9.30. The Morgan fingerprint density at radius 1 is 1.44 bits per heavy atom. The quantitative estimate of drug-likeness (QED) is 0.845. The van der Waals surface area contributed by atoms with Crippen molar-refractivity contribution < 1.29 is 5.11 Å². The number of rotatable bonds is 3. The molecule has 2 aromatic heterocycles. The molecule has 2 aromatic rings. The summed E-state index contributed by atoms with van der Waals surface area (Å²) < 4.78 is 0. The Morgan fingerprint density at radius 2 is 2.19 bits per heavy atom. The number of aryl methyl sites for hydroxylation is 2. The van der Waals surface area contributed by atoms with E-state index in [2.05, 4.69) is 23.8 Å². The van der Waals surface area contributed by atoms with Gasteiger partial charge >= 0.3 is 0 Å². The summed E-state index contributed by atoms with van der Waals surface area (Å²) in [5.74, 6) is -0.0989. The van der Waals surface area contributed by atoms with Gasteiger partial charge in [0.2, 0.25) is 0 Å². The summed E-state index contributed by atoms with van der Waals surface area (Å²) in [7, 11) is 0. The molecule has 0 aliphatic heterocycles. The van der Waals surface area contributed by atoms with E-state index in [-0.39, 0.29) is 12.5 Å². The summed E-state index contributed by atoms with van der Waals surface area (Å²) in [4.78, 5) is 10.8. The van der Waals surface area contributed by atoms with Crippen molar-refractivity contribution in [1.29, 1.82) is 0 Å². The van der Waals surface area contributed by atoms with Gasteiger partial charge in [-0.1, -0.05) is 0 Å². The summed E-state index contributed by atoms with van der Waals surface area (Å²) in [6, 6.07) is 0. The van der Waals surface area contributed by atoms with Gasteiger partial charge in [-0.3, -0.25) is 0 Å². The van der Waals surface area contributed by atoms with Crippen LogP contribution < -0.4 is 5.73 Å². The van der Waals surface area contributed by atoms with Crippen LogP contribution in [0.4, 0.5) is 0 Å². The van der Waals surface area contributed by atoms with E-state index in [1.165, 1.54) is 10.4 Å². The lowest BCUT2D eigenvalue weighted by atomic mass is 10.0. The summed E-state index contributed by atoms with van der Waals surface area (Å²) in [5.41, 5.74) is 7.72. The summed E-state index contributed by atoms with van der Waals surface area (Å²) >= 11 is 1.66. The summed E-state index contributed by atoms with van der Waals surface area (Å²) in [6.45, 7) is 4.56. The number of hydrogen-bond donors (Lipinski definition) is 2. The van der Waals surface area contributed by atoms with Crippen molar-refractivity contribution in [2.24, 2.45) is 5.73 Å². The van der Waals surface area contributed by atoms with Crippen LogP contribution in [0.25, 0.3) is 10.2 Å². The number of aromatic nitrogens is 2. The predicted octanol–water partition coefficient (Wildman–Crippen LogP) is 1.34. The van der Waals surface area contributed by atoms with E-state index in [1.54, 1.807) is 17.7 Å². The normalized spacial score (nSPS) is 13.2. The van der Waals surface area contributed by atoms with Crippen LogP contribution in [0.5, 0.6) is 0 Å². The highest BCUT2D eigenvalue weighted by molar-refractivity contribution is 7.18. The lowest BCUT2D eigenvalue weighted by molar-refractivity contribution is 0.266. The van der Waals surface area contributed by atoms with E-state index >= 15 is 0 Å². The molecule has 5 heteroatoms. The minimum Gasteiger partial charge on any atom is -0.396 e. The molecule has 2 rings (SSSR count). The van der Waals surface area contributed by atoms with Crippen molar-refractivity contribution in [1.82, 2.24) is 9.97 Å². The van der Waals surface area contributed by atoms with Crippen molar-refractivity contribution in [2.45, 2.75) is 19.8 Å². The van der Waals surface area contributed by atoms with E-state index < -0.39 is 0 Å². The zero-order chi connectivity index (χ0) is 11.7. The van der Waals surface area contributed by atoms with Crippen LogP contribution in [-0.2, 0) is 0 Å². The predicted molar refractivity (Wildman–Crippen MR) is 65.8 cm³/mol. The van der Waals surface area contributed by atoms with Gasteiger partial charge in [-0.2, -0.15) is 0 Å². The SMILES string of the molecule is Cc1sc2ncnc(C(CN)CO)c2c1C. The van der Waals surface area contributed by atoms with Crippen molar-refractivity contribution in [3.63, 3.8) is 0 Å². The van der Waals surface area contributed by atoms with Gasteiger partial charge in [0.05, 0.1) is 12.3 Å². The van der Waals surface area contributed by atoms with Gasteiger partial charge < -0.3 is 10.8 Å². The zero-order valence-corrected chi connectivity index (χ0v) is 10.2. The zero-order valence-electron chi connectivity index (χ0n) is 9.40. The number of nitrogens with zero attached hydrogens (tertiary/aromatic N) is 2. The molecule has 0 bridgehead atoms. The lowest BCUT2D eigenvalue weighted by Gasteiger charge is -2.12. The molecule has 0 saturated heterocycles. The first kappa shape index (κ1) is 11.4. The van der Waals surface area contributed by atoms with Gasteiger partial charge in [0.15, 0.2) is 0 Å². The summed E-state index contributed by atoms with van der Waals surface area (Å²) in [5, 5.41) is 10.4. The minimum atomic E-state index is -0.0989. The Hall–Kier alpha value is -1.04. The third-order valence-corrected chi connectivity index (χ3v) is 4.00. The number of hydrogen-bond acceptors (Lipinski definition) is 5. The van der Waals surface area contributed by atoms with Crippen LogP contribution in [0.1, 0.15) is 22.1 Å². The lowest BCUT2D eigenvalue weighted by Crippen LogP contribution is -2.17. The molecule has 16 heavy (non-hydrogen) atoms. The van der Waals surface area contributed by atoms with Crippen LogP contribution in [0, 0.1) is 13.8 Å². The molecule has 1 atom stereocenters. The third-order valence-electron chi connectivity index (χ3n) is 2.89. The fourth-order valence-electron chi connectivity index (χ4n) is 1.79. The largest absolute Gasteiger partial charge is 0.396 e. The molecule has 0 amide bonds. The van der Waals surface area contributed by atoms with Gasteiger partial charge in [0.1, 0.15) is 11.2 Å². The average Bonchev–Trinajstić information content (AvgIpc) is 2.57. The molecule has 3 N–H and O–H groups in total. The first-order valence-corrected chi connectivity index (χ1v) is 6.02. The molecule has 2 heterocycles. The van der Waals surface area contributed by atoms with Gasteiger partial charge in [-0.25, -0.2) is 9.97 Å². The Bertz CT molecular complexity index is 505. The molecule has 0 aromatic carbocycles. The fraction of sp³-hybridized carbons (Fsp3) is 0.455. The molecule has 1 unspecified atom stereocenters. The third kappa shape index (κ3) is 1.71. The molecule has 4 nitrogen and oxygen atoms in total. The van der Waals surface area contributed by atoms with E-state index in [0.717, 1.165) is 15.9 Å². The smallest absolute Gasteiger partial charge is 0.127 e. The first-order chi connectivity index (χ1) is 7.69. The second-order valence-electron chi connectivity index (χ2n) is 3.84. The molecule has 0 fully saturated rings. The van der Waals surface area contributed by atoms with Crippen LogP contribution in [-0.4, -0.2) is 28.2 Å². The molecule has 0 aliphatic carbocycles. The molecule has 0 spiro atoms. The monoisotopic (exact) mass is 237 g/mol. The van der Waals surface area contributed by atoms with Crippen molar-refractivity contribution in [3.8, 4) is 0 Å². The van der Waals surface area contributed by atoms with Crippen LogP contribution in [0.2, 0.25) is 0 Å². The minimum absolute atomic E-state index is 0.0247. The van der Waals surface area contributed by atoms with Crippen molar-refractivity contribution >= 4 is 21.6 Å². The van der Waals surface area contributed by atoms with Gasteiger partial charge in [0, 0.05) is 22.7 Å². The Morgan fingerprint density at radius 3 is 2.81 bits per heavy atom. The van der Waals surface area contributed by atoms with E-state index in [4.69, 9.17) is 5.73 Å². The number of fused-ring (bicyclic) bond motifs is 1. The number of nitrogens with two attached hydrogens (primary N) is 1. The van der Waals surface area contributed by atoms with Crippen LogP contribution in [0.15, 0.2) is 6.33 Å². The number of thiophene rings is 1. The van der Waals surface area contributed by atoms with Gasteiger partial charge in [-0.15, -0.1) is 11.3 Å². The molecule has 86 valence electrons. The Balaban J connectivity index is 2.69. The average molecular weight is 237 g/mol. The maximum absolute atomic E-state index is 9.30. The van der Waals surface area contributed by atoms with Crippen molar-refractivity contribution in [2.75, 3.05) is 13.2 Å². The Kier molecular flexibility index (Phi) is 3.18. The molecule has 0 radical (unpaired) electrons. The summed E-state index contributed by atoms with van der Waals surface area (Å²) in [6.07, 6.45) is 1.55. The van der Waals surface area contributed by atoms with Gasteiger partial charge in [-0.05, 0) is 19.4 Å². The number of aliphatic hydroxyl groups excluding tert-OH is 1. The highest BCUT2D eigenvalue weighted by Crippen LogP contribution is 2.32. The van der Waals surface area contributed by atoms with Crippen LogP contribution in [0.3, 0.4) is 0 Å². The standard InChI is InChI=1S/C11H15N3OS/c1-6-7(2)16-11-9(6)10(13-5-14-11)8(3-12)4-15/h5,8,15H,3-4,12H2,1-2H3. The fourth-order valence-corrected chi connectivity index (χ4v) is 2.80. The first-order valence-electron chi connectivity index (χ1n) is 5.20.